The summed E-state index contributed by atoms with van der Waals surface area (Å²) in [5, 5.41) is 6.32. The van der Waals surface area contributed by atoms with Gasteiger partial charge in [0.05, 0.1) is 6.04 Å². The Morgan fingerprint density at radius 2 is 1.90 bits per heavy atom. The zero-order valence-corrected chi connectivity index (χ0v) is 13.4. The van der Waals surface area contributed by atoms with Crippen molar-refractivity contribution >= 4 is 5.91 Å². The molecule has 2 N–H and O–H groups in total. The van der Waals surface area contributed by atoms with Crippen molar-refractivity contribution < 1.29 is 9.53 Å². The third-order valence-corrected chi connectivity index (χ3v) is 4.47. The van der Waals surface area contributed by atoms with Crippen LogP contribution in [-0.4, -0.2) is 38.8 Å². The van der Waals surface area contributed by atoms with Gasteiger partial charge in [0, 0.05) is 20.3 Å². The van der Waals surface area contributed by atoms with Gasteiger partial charge in [0.25, 0.3) is 0 Å². The minimum atomic E-state index is -0.0959. The Kier molecular flexibility index (Phi) is 8.86. The Hall–Kier alpha value is -0.610. The number of carbonyl (C=O) groups is 1. The van der Waals surface area contributed by atoms with Crippen molar-refractivity contribution in [3.63, 3.8) is 0 Å². The summed E-state index contributed by atoms with van der Waals surface area (Å²) in [5.41, 5.74) is 0. The number of methoxy groups -OCH3 is 1. The third-order valence-electron chi connectivity index (χ3n) is 4.47. The predicted octanol–water partition coefficient (Wildman–Crippen LogP) is 2.33. The summed E-state index contributed by atoms with van der Waals surface area (Å²) in [6, 6.07) is -0.0959. The summed E-state index contributed by atoms with van der Waals surface area (Å²) in [5.74, 6) is 1.79. The van der Waals surface area contributed by atoms with Gasteiger partial charge in [0.1, 0.15) is 0 Å². The van der Waals surface area contributed by atoms with Crippen LogP contribution in [0.3, 0.4) is 0 Å². The molecule has 1 aliphatic rings. The number of rotatable bonds is 9. The lowest BCUT2D eigenvalue weighted by molar-refractivity contribution is -0.122. The van der Waals surface area contributed by atoms with Crippen molar-refractivity contribution in [2.75, 3.05) is 26.8 Å². The van der Waals surface area contributed by atoms with Gasteiger partial charge in [-0.05, 0) is 44.6 Å². The smallest absolute Gasteiger partial charge is 0.236 e. The fraction of sp³-hybridized carbons (Fsp3) is 0.938. The minimum Gasteiger partial charge on any atom is -0.385 e. The molecule has 1 saturated carbocycles. The Balaban J connectivity index is 2.10. The maximum atomic E-state index is 11.9. The number of nitrogens with one attached hydrogen (secondary N) is 2. The molecule has 0 aromatic rings. The minimum absolute atomic E-state index is 0.0959. The highest BCUT2D eigenvalue weighted by Gasteiger charge is 2.21. The van der Waals surface area contributed by atoms with Gasteiger partial charge in [-0.1, -0.05) is 26.2 Å². The third kappa shape index (κ3) is 6.71. The normalized spacial score (nSPS) is 24.4. The van der Waals surface area contributed by atoms with E-state index in [1.54, 1.807) is 7.11 Å². The molecule has 0 aliphatic heterocycles. The molecule has 1 amide bonds. The van der Waals surface area contributed by atoms with Gasteiger partial charge in [-0.15, -0.1) is 0 Å². The number of carbonyl (C=O) groups excluding carboxylic acids is 1. The maximum Gasteiger partial charge on any atom is 0.236 e. The summed E-state index contributed by atoms with van der Waals surface area (Å²) >= 11 is 0. The zero-order valence-electron chi connectivity index (χ0n) is 13.4. The zero-order chi connectivity index (χ0) is 14.8. The number of amides is 1. The van der Waals surface area contributed by atoms with Crippen LogP contribution in [0.1, 0.15) is 52.4 Å². The average Bonchev–Trinajstić information content (AvgIpc) is 2.49. The Labute approximate surface area is 124 Å². The molecular formula is C16H32N2O2. The lowest BCUT2D eigenvalue weighted by Gasteiger charge is -2.28. The summed E-state index contributed by atoms with van der Waals surface area (Å²) in [6.07, 6.45) is 7.54. The molecule has 118 valence electrons. The SMILES string of the molecule is CCC1CCC(CNC(C)C(=O)NCCCOC)CC1. The molecule has 1 aliphatic carbocycles. The van der Waals surface area contributed by atoms with Crippen LogP contribution in [-0.2, 0) is 9.53 Å². The molecule has 1 atom stereocenters. The van der Waals surface area contributed by atoms with Crippen LogP contribution >= 0.6 is 0 Å². The molecule has 0 saturated heterocycles. The van der Waals surface area contributed by atoms with Gasteiger partial charge in [-0.3, -0.25) is 4.79 Å². The van der Waals surface area contributed by atoms with E-state index in [9.17, 15) is 4.79 Å². The van der Waals surface area contributed by atoms with Crippen LogP contribution < -0.4 is 10.6 Å². The molecular weight excluding hydrogens is 252 g/mol. The maximum absolute atomic E-state index is 11.9. The second kappa shape index (κ2) is 10.2. The van der Waals surface area contributed by atoms with E-state index in [4.69, 9.17) is 4.74 Å². The molecule has 1 rings (SSSR count). The summed E-state index contributed by atoms with van der Waals surface area (Å²) in [6.45, 7) is 6.61. The molecule has 0 radical (unpaired) electrons. The van der Waals surface area contributed by atoms with Crippen molar-refractivity contribution in [2.45, 2.75) is 58.4 Å². The van der Waals surface area contributed by atoms with E-state index >= 15 is 0 Å². The quantitative estimate of drug-likeness (QED) is 0.639. The first kappa shape index (κ1) is 17.4. The first-order chi connectivity index (χ1) is 9.67. The van der Waals surface area contributed by atoms with Crippen LogP contribution in [0.5, 0.6) is 0 Å². The summed E-state index contributed by atoms with van der Waals surface area (Å²) < 4.78 is 4.96. The average molecular weight is 284 g/mol. The molecule has 0 aromatic carbocycles. The highest BCUT2D eigenvalue weighted by molar-refractivity contribution is 5.81. The Morgan fingerprint density at radius 1 is 1.25 bits per heavy atom. The Morgan fingerprint density at radius 3 is 2.50 bits per heavy atom. The molecule has 4 heteroatoms. The standard InChI is InChI=1S/C16H32N2O2/c1-4-14-6-8-15(9-7-14)12-18-13(2)16(19)17-10-5-11-20-3/h13-15,18H,4-12H2,1-3H3,(H,17,19). The molecule has 0 bridgehead atoms. The number of hydrogen-bond acceptors (Lipinski definition) is 3. The number of hydrogen-bond donors (Lipinski definition) is 2. The fourth-order valence-corrected chi connectivity index (χ4v) is 2.86. The summed E-state index contributed by atoms with van der Waals surface area (Å²) in [7, 11) is 1.68. The van der Waals surface area contributed by atoms with E-state index in [1.807, 2.05) is 6.92 Å². The van der Waals surface area contributed by atoms with E-state index in [2.05, 4.69) is 17.6 Å². The number of ether oxygens (including phenoxy) is 1. The van der Waals surface area contributed by atoms with Gasteiger partial charge >= 0.3 is 0 Å². The summed E-state index contributed by atoms with van der Waals surface area (Å²) in [4.78, 5) is 11.9. The monoisotopic (exact) mass is 284 g/mol. The van der Waals surface area contributed by atoms with E-state index < -0.39 is 0 Å². The first-order valence-corrected chi connectivity index (χ1v) is 8.17. The topological polar surface area (TPSA) is 50.4 Å². The second-order valence-electron chi connectivity index (χ2n) is 6.06. The van der Waals surface area contributed by atoms with Crippen molar-refractivity contribution in [1.82, 2.24) is 10.6 Å². The van der Waals surface area contributed by atoms with Crippen LogP contribution in [0.15, 0.2) is 0 Å². The van der Waals surface area contributed by atoms with Gasteiger partial charge in [-0.2, -0.15) is 0 Å². The lowest BCUT2D eigenvalue weighted by Crippen LogP contribution is -2.44. The van der Waals surface area contributed by atoms with Crippen LogP contribution in [0, 0.1) is 11.8 Å². The van der Waals surface area contributed by atoms with Crippen molar-refractivity contribution in [1.29, 1.82) is 0 Å². The molecule has 0 spiro atoms. The van der Waals surface area contributed by atoms with E-state index in [0.29, 0.717) is 13.2 Å². The second-order valence-corrected chi connectivity index (χ2v) is 6.06. The van der Waals surface area contributed by atoms with Crippen LogP contribution in [0.2, 0.25) is 0 Å². The predicted molar refractivity (Wildman–Crippen MR) is 82.7 cm³/mol. The van der Waals surface area contributed by atoms with Crippen molar-refractivity contribution in [3.05, 3.63) is 0 Å². The molecule has 1 fully saturated rings. The largest absolute Gasteiger partial charge is 0.385 e. The highest BCUT2D eigenvalue weighted by atomic mass is 16.5. The molecule has 0 heterocycles. The van der Waals surface area contributed by atoms with Crippen LogP contribution in [0.4, 0.5) is 0 Å². The molecule has 20 heavy (non-hydrogen) atoms. The van der Waals surface area contributed by atoms with Crippen molar-refractivity contribution in [2.24, 2.45) is 11.8 Å². The molecule has 0 aromatic heterocycles. The molecule has 1 unspecified atom stereocenters. The Bertz CT molecular complexity index is 263. The van der Waals surface area contributed by atoms with E-state index in [-0.39, 0.29) is 11.9 Å². The van der Waals surface area contributed by atoms with Gasteiger partial charge in [0.15, 0.2) is 0 Å². The van der Waals surface area contributed by atoms with Crippen LogP contribution in [0.25, 0.3) is 0 Å². The van der Waals surface area contributed by atoms with Gasteiger partial charge < -0.3 is 15.4 Å². The lowest BCUT2D eigenvalue weighted by atomic mass is 9.81. The molecule has 4 nitrogen and oxygen atoms in total. The fourth-order valence-electron chi connectivity index (χ4n) is 2.86. The first-order valence-electron chi connectivity index (χ1n) is 8.17. The van der Waals surface area contributed by atoms with Crippen molar-refractivity contribution in [3.8, 4) is 0 Å². The highest BCUT2D eigenvalue weighted by Crippen LogP contribution is 2.30. The van der Waals surface area contributed by atoms with E-state index in [1.165, 1.54) is 32.1 Å². The van der Waals surface area contributed by atoms with E-state index in [0.717, 1.165) is 24.8 Å². The van der Waals surface area contributed by atoms with Gasteiger partial charge in [0.2, 0.25) is 5.91 Å². The van der Waals surface area contributed by atoms with Gasteiger partial charge in [-0.25, -0.2) is 0 Å².